The monoisotopic (exact) mass is 1000 g/mol. The number of hydrogen-bond donors (Lipinski definition) is 15. The molecule has 19 heteroatoms. The highest BCUT2D eigenvalue weighted by atomic mass is 16.6. The van der Waals surface area contributed by atoms with Gasteiger partial charge in [-0.15, -0.1) is 0 Å². The van der Waals surface area contributed by atoms with Gasteiger partial charge in [0.15, 0.2) is 0 Å². The molecule has 0 bridgehead atoms. The molecular formula is C54H52O19. The van der Waals surface area contributed by atoms with Crippen molar-refractivity contribution in [3.05, 3.63) is 159 Å². The largest absolute Gasteiger partial charge is 0.508 e. The van der Waals surface area contributed by atoms with Gasteiger partial charge in [-0.3, -0.25) is 0 Å². The van der Waals surface area contributed by atoms with E-state index in [1.54, 1.807) is 54.6 Å². The number of hydrogen-bond acceptors (Lipinski definition) is 19. The van der Waals surface area contributed by atoms with Crippen LogP contribution < -0.4 is 9.47 Å². The standard InChI is InChI=1S/C54H52O19/c55-20-37-44(64)46(66)48(68)53(71-37)42-33(61)17-27(18-34(42)62)39-32-13-22(2-12-36(32)70-50(39)23-4-8-28(57)9-5-23)1-3-25-16-35(63)43(54-49(69)47(67)45(65)38(21-56)72-54)52-40(25)41(26-14-30(59)19-31(60)15-26)51(73-52)24-6-10-29(58)11-7-24/h1-19,37-39,41,44-51,53-69H,20-21H2/b3-1+/t37-,38-,39+,41-,44-,45-,46+,47+,48-,49-,50-,51+,53+,54+/m1/s1. The third kappa shape index (κ3) is 8.78. The average Bonchev–Trinajstić information content (AvgIpc) is 3.95. The van der Waals surface area contributed by atoms with E-state index in [9.17, 15) is 76.6 Å². The van der Waals surface area contributed by atoms with Gasteiger partial charge >= 0.3 is 0 Å². The lowest BCUT2D eigenvalue weighted by Crippen LogP contribution is -2.55. The molecule has 382 valence electrons. The molecule has 14 atom stereocenters. The molecule has 15 N–H and O–H groups in total. The molecule has 0 radical (unpaired) electrons. The lowest BCUT2D eigenvalue weighted by atomic mass is 9.80. The summed E-state index contributed by atoms with van der Waals surface area (Å²) in [4.78, 5) is 0. The van der Waals surface area contributed by atoms with Crippen LogP contribution in [0.3, 0.4) is 0 Å². The summed E-state index contributed by atoms with van der Waals surface area (Å²) in [6.07, 6.45) is -14.9. The van der Waals surface area contributed by atoms with E-state index in [1.165, 1.54) is 54.6 Å². The summed E-state index contributed by atoms with van der Waals surface area (Å²) < 4.78 is 24.9. The van der Waals surface area contributed by atoms with Gasteiger partial charge in [0.2, 0.25) is 0 Å². The van der Waals surface area contributed by atoms with Crippen LogP contribution >= 0.6 is 0 Å². The van der Waals surface area contributed by atoms with Crippen molar-refractivity contribution in [3.63, 3.8) is 0 Å². The van der Waals surface area contributed by atoms with E-state index >= 15 is 0 Å². The van der Waals surface area contributed by atoms with Gasteiger partial charge < -0.3 is 95.5 Å². The Labute approximate surface area is 415 Å². The number of aromatic hydroxyl groups is 7. The van der Waals surface area contributed by atoms with Crippen LogP contribution in [0.15, 0.2) is 103 Å². The second-order valence-corrected chi connectivity index (χ2v) is 18.7. The molecule has 73 heavy (non-hydrogen) atoms. The van der Waals surface area contributed by atoms with E-state index in [0.29, 0.717) is 50.3 Å². The minimum atomic E-state index is -1.84. The van der Waals surface area contributed by atoms with E-state index in [1.807, 2.05) is 0 Å². The van der Waals surface area contributed by atoms with Crippen molar-refractivity contribution < 1.29 is 95.5 Å². The summed E-state index contributed by atoms with van der Waals surface area (Å²) in [5, 5.41) is 162. The van der Waals surface area contributed by atoms with Gasteiger partial charge in [0.25, 0.3) is 0 Å². The van der Waals surface area contributed by atoms with E-state index in [4.69, 9.17) is 18.9 Å². The molecule has 10 rings (SSSR count). The summed E-state index contributed by atoms with van der Waals surface area (Å²) in [7, 11) is 0. The maximum absolute atomic E-state index is 12.0. The van der Waals surface area contributed by atoms with Crippen LogP contribution in [0.5, 0.6) is 51.7 Å². The van der Waals surface area contributed by atoms with Crippen LogP contribution in [-0.2, 0) is 9.47 Å². The van der Waals surface area contributed by atoms with E-state index in [2.05, 4.69) is 0 Å². The van der Waals surface area contributed by atoms with Crippen molar-refractivity contribution >= 4 is 12.2 Å². The Bertz CT molecular complexity index is 3000. The van der Waals surface area contributed by atoms with Crippen LogP contribution in [0.2, 0.25) is 0 Å². The Kier molecular flexibility index (Phi) is 13.1. The highest BCUT2D eigenvalue weighted by molar-refractivity contribution is 5.78. The summed E-state index contributed by atoms with van der Waals surface area (Å²) >= 11 is 0. The summed E-state index contributed by atoms with van der Waals surface area (Å²) in [5.74, 6) is -3.50. The lowest BCUT2D eigenvalue weighted by molar-refractivity contribution is -0.232. The fourth-order valence-corrected chi connectivity index (χ4v) is 10.6. The first-order chi connectivity index (χ1) is 35.0. The summed E-state index contributed by atoms with van der Waals surface area (Å²) in [6, 6.07) is 25.6. The van der Waals surface area contributed by atoms with Gasteiger partial charge in [0, 0.05) is 17.2 Å². The molecule has 2 fully saturated rings. The number of phenols is 7. The zero-order valence-corrected chi connectivity index (χ0v) is 38.3. The second kappa shape index (κ2) is 19.4. The molecule has 4 aliphatic rings. The lowest BCUT2D eigenvalue weighted by Gasteiger charge is -2.40. The number of rotatable bonds is 10. The van der Waals surface area contributed by atoms with E-state index in [-0.39, 0.29) is 39.9 Å². The Balaban J connectivity index is 1.10. The predicted octanol–water partition coefficient (Wildman–Crippen LogP) is 3.36. The average molecular weight is 1000 g/mol. The van der Waals surface area contributed by atoms with Crippen molar-refractivity contribution in [2.24, 2.45) is 0 Å². The van der Waals surface area contributed by atoms with Gasteiger partial charge in [-0.2, -0.15) is 0 Å². The van der Waals surface area contributed by atoms with Crippen molar-refractivity contribution in [1.29, 1.82) is 0 Å². The van der Waals surface area contributed by atoms with Crippen molar-refractivity contribution in [1.82, 2.24) is 0 Å². The van der Waals surface area contributed by atoms with Gasteiger partial charge in [0.1, 0.15) is 125 Å². The number of aliphatic hydroxyl groups is 8. The summed E-state index contributed by atoms with van der Waals surface area (Å²) in [6.45, 7) is -1.50. The molecule has 0 spiro atoms. The maximum atomic E-state index is 12.0. The molecule has 6 aromatic carbocycles. The van der Waals surface area contributed by atoms with E-state index < -0.39 is 116 Å². The molecule has 0 saturated carbocycles. The molecule has 0 unspecified atom stereocenters. The Morgan fingerprint density at radius 2 is 0.890 bits per heavy atom. The van der Waals surface area contributed by atoms with Crippen LogP contribution in [-0.4, -0.2) is 139 Å². The normalized spacial score (nSPS) is 29.6. The zero-order chi connectivity index (χ0) is 51.7. The zero-order valence-electron chi connectivity index (χ0n) is 38.3. The Hall–Kier alpha value is -7.14. The number of ether oxygens (including phenoxy) is 4. The van der Waals surface area contributed by atoms with Gasteiger partial charge in [-0.25, -0.2) is 0 Å². The molecule has 19 nitrogen and oxygen atoms in total. The number of benzene rings is 6. The predicted molar refractivity (Wildman–Crippen MR) is 255 cm³/mol. The fraction of sp³-hybridized carbons (Fsp3) is 0.296. The second-order valence-electron chi connectivity index (χ2n) is 18.7. The SMILES string of the molecule is OC[C@H]1O[C@@H](c2c(O)cc([C@H]3c4cc(/C=C/c5cc(O)c([C@@H]6O[C@H](CO)[C@@H](O)[C@H](O)[C@H]6O)c6c5[C@@H](c5cc(O)cc(O)c5)[C@H](c5ccc(O)cc5)O6)ccc4O[C@@H]3c3ccc(O)cc3)cc2O)[C@H](O)[C@@H](O)[C@@H]1O. The van der Waals surface area contributed by atoms with E-state index in [0.717, 1.165) is 6.07 Å². The smallest absolute Gasteiger partial charge is 0.135 e. The third-order valence-electron chi connectivity index (χ3n) is 14.2. The number of aliphatic hydroxyl groups excluding tert-OH is 8. The van der Waals surface area contributed by atoms with Gasteiger partial charge in [-0.1, -0.05) is 42.5 Å². The Morgan fingerprint density at radius 3 is 1.42 bits per heavy atom. The van der Waals surface area contributed by atoms with Crippen molar-refractivity contribution in [2.75, 3.05) is 13.2 Å². The van der Waals surface area contributed by atoms with Gasteiger partial charge in [-0.05, 0) is 100 Å². The minimum absolute atomic E-state index is 0.0101. The molecular weight excluding hydrogens is 953 g/mol. The van der Waals surface area contributed by atoms with Crippen LogP contribution in [0.25, 0.3) is 12.2 Å². The third-order valence-corrected chi connectivity index (χ3v) is 14.2. The maximum Gasteiger partial charge on any atom is 0.135 e. The molecule has 0 aliphatic carbocycles. The van der Waals surface area contributed by atoms with Crippen LogP contribution in [0, 0.1) is 0 Å². The summed E-state index contributed by atoms with van der Waals surface area (Å²) in [5.41, 5.74) is 3.12. The molecule has 4 aliphatic heterocycles. The first-order valence-corrected chi connectivity index (χ1v) is 23.3. The Morgan fingerprint density at radius 1 is 0.397 bits per heavy atom. The molecule has 0 aromatic heterocycles. The van der Waals surface area contributed by atoms with Crippen LogP contribution in [0.1, 0.15) is 91.9 Å². The number of fused-ring (bicyclic) bond motifs is 2. The quantitative estimate of drug-likeness (QED) is 0.0875. The molecule has 2 saturated heterocycles. The first kappa shape index (κ1) is 49.4. The first-order valence-electron chi connectivity index (χ1n) is 23.3. The number of phenolic OH excluding ortho intramolecular Hbond substituents is 7. The highest BCUT2D eigenvalue weighted by Crippen LogP contribution is 2.58. The minimum Gasteiger partial charge on any atom is -0.508 e. The van der Waals surface area contributed by atoms with Crippen molar-refractivity contribution in [3.8, 4) is 51.7 Å². The molecule has 4 heterocycles. The molecule has 6 aromatic rings. The fourth-order valence-electron chi connectivity index (χ4n) is 10.6. The molecule has 0 amide bonds. The highest BCUT2D eigenvalue weighted by Gasteiger charge is 2.50. The van der Waals surface area contributed by atoms with Gasteiger partial charge in [0.05, 0.1) is 36.2 Å². The van der Waals surface area contributed by atoms with Crippen molar-refractivity contribution in [2.45, 2.75) is 85.1 Å². The van der Waals surface area contributed by atoms with Crippen LogP contribution in [0.4, 0.5) is 0 Å². The topological polar surface area (TPSA) is 340 Å².